The van der Waals surface area contributed by atoms with E-state index in [0.29, 0.717) is 5.92 Å². The first kappa shape index (κ1) is 17.8. The van der Waals surface area contributed by atoms with Crippen molar-refractivity contribution in [1.82, 2.24) is 0 Å². The maximum absolute atomic E-state index is 2.35. The average Bonchev–Trinajstić information content (AvgIpc) is 2.55. The predicted octanol–water partition coefficient (Wildman–Crippen LogP) is 6.70. The molecule has 0 spiro atoms. The first-order valence-electron chi connectivity index (χ1n) is 8.84. The van der Waals surface area contributed by atoms with E-state index >= 15 is 0 Å². The summed E-state index contributed by atoms with van der Waals surface area (Å²) >= 11 is 0. The molecule has 23 heavy (non-hydrogen) atoms. The van der Waals surface area contributed by atoms with Gasteiger partial charge in [0.25, 0.3) is 0 Å². The Labute approximate surface area is 143 Å². The zero-order chi connectivity index (χ0) is 16.9. The van der Waals surface area contributed by atoms with E-state index in [0.717, 1.165) is 0 Å². The minimum absolute atomic E-state index is 0.254. The third kappa shape index (κ3) is 4.96. The molecule has 1 unspecified atom stereocenters. The van der Waals surface area contributed by atoms with Crippen LogP contribution in [0.15, 0.2) is 54.6 Å². The van der Waals surface area contributed by atoms with Crippen molar-refractivity contribution in [1.29, 1.82) is 0 Å². The molecule has 124 valence electrons. The average molecular weight is 308 g/mol. The predicted molar refractivity (Wildman–Crippen MR) is 102 cm³/mol. The van der Waals surface area contributed by atoms with Crippen LogP contribution in [0.4, 0.5) is 0 Å². The molecule has 0 nitrogen and oxygen atoms in total. The molecule has 0 bridgehead atoms. The van der Waals surface area contributed by atoms with Crippen LogP contribution in [0, 0.1) is 5.92 Å². The molecule has 2 rings (SSSR count). The molecular formula is C23H31-. The molecule has 1 atom stereocenters. The number of rotatable bonds is 7. The van der Waals surface area contributed by atoms with Gasteiger partial charge in [-0.15, -0.1) is 5.92 Å². The van der Waals surface area contributed by atoms with Crippen molar-refractivity contribution in [2.45, 2.75) is 65.2 Å². The summed E-state index contributed by atoms with van der Waals surface area (Å²) in [7, 11) is 0. The van der Waals surface area contributed by atoms with Crippen LogP contribution in [-0.2, 0) is 11.8 Å². The molecule has 0 N–H and O–H groups in total. The topological polar surface area (TPSA) is 0 Å². The number of hydrogen-bond acceptors (Lipinski definition) is 0. The fourth-order valence-corrected chi connectivity index (χ4v) is 3.07. The van der Waals surface area contributed by atoms with Gasteiger partial charge < -0.3 is 5.92 Å². The number of hydrogen-bond donors (Lipinski definition) is 0. The maximum atomic E-state index is 2.35. The Morgan fingerprint density at radius 3 is 2.09 bits per heavy atom. The molecular weight excluding hydrogens is 276 g/mol. The van der Waals surface area contributed by atoms with Crippen LogP contribution in [0.2, 0.25) is 0 Å². The highest BCUT2D eigenvalue weighted by molar-refractivity contribution is 5.28. The van der Waals surface area contributed by atoms with Gasteiger partial charge in [0.05, 0.1) is 0 Å². The van der Waals surface area contributed by atoms with Crippen LogP contribution in [-0.4, -0.2) is 0 Å². The second-order valence-electron chi connectivity index (χ2n) is 7.64. The highest BCUT2D eigenvalue weighted by atomic mass is 14.2. The van der Waals surface area contributed by atoms with Crippen molar-refractivity contribution in [3.05, 3.63) is 77.2 Å². The summed E-state index contributed by atoms with van der Waals surface area (Å²) in [6, 6.07) is 20.1. The van der Waals surface area contributed by atoms with Gasteiger partial charge in [0, 0.05) is 0 Å². The molecule has 2 aromatic rings. The summed E-state index contributed by atoms with van der Waals surface area (Å²) in [5.41, 5.74) is 4.58. The fraction of sp³-hybridized carbons (Fsp3) is 0.435. The van der Waals surface area contributed by atoms with Gasteiger partial charge in [-0.25, -0.2) is 0 Å². The fourth-order valence-electron chi connectivity index (χ4n) is 3.07. The van der Waals surface area contributed by atoms with Crippen LogP contribution >= 0.6 is 0 Å². The Hall–Kier alpha value is -1.56. The van der Waals surface area contributed by atoms with Crippen LogP contribution in [0.1, 0.15) is 70.1 Å². The lowest BCUT2D eigenvalue weighted by Gasteiger charge is -2.28. The van der Waals surface area contributed by atoms with Crippen molar-refractivity contribution < 1.29 is 0 Å². The molecule has 0 amide bonds. The normalized spacial score (nSPS) is 13.3. The highest BCUT2D eigenvalue weighted by Gasteiger charge is 2.19. The molecule has 0 heterocycles. The van der Waals surface area contributed by atoms with E-state index in [1.807, 2.05) is 0 Å². The van der Waals surface area contributed by atoms with E-state index in [-0.39, 0.29) is 5.41 Å². The summed E-state index contributed by atoms with van der Waals surface area (Å²) in [5, 5.41) is 0. The molecule has 0 aliphatic heterocycles. The van der Waals surface area contributed by atoms with Gasteiger partial charge in [-0.3, -0.25) is 0 Å². The summed E-state index contributed by atoms with van der Waals surface area (Å²) in [6.45, 7) is 11.4. The van der Waals surface area contributed by atoms with Crippen molar-refractivity contribution in [2.24, 2.45) is 0 Å². The van der Waals surface area contributed by atoms with Crippen molar-refractivity contribution in [2.75, 3.05) is 0 Å². The second-order valence-corrected chi connectivity index (χ2v) is 7.64. The monoisotopic (exact) mass is 307 g/mol. The van der Waals surface area contributed by atoms with E-state index in [1.165, 1.54) is 41.9 Å². The Bertz CT molecular complexity index is 575. The van der Waals surface area contributed by atoms with Gasteiger partial charge in [-0.2, -0.15) is 13.8 Å². The van der Waals surface area contributed by atoms with Crippen molar-refractivity contribution >= 4 is 0 Å². The minimum Gasteiger partial charge on any atom is -0.313 e. The van der Waals surface area contributed by atoms with E-state index in [2.05, 4.69) is 89.2 Å². The zero-order valence-corrected chi connectivity index (χ0v) is 15.4. The highest BCUT2D eigenvalue weighted by Crippen LogP contribution is 2.29. The van der Waals surface area contributed by atoms with Crippen molar-refractivity contribution in [3.63, 3.8) is 0 Å². The SMILES string of the molecule is C[C-](C)C(C)c1ccc(CCCC(C)(C)c2ccccc2)cc1. The van der Waals surface area contributed by atoms with E-state index in [9.17, 15) is 0 Å². The zero-order valence-electron chi connectivity index (χ0n) is 15.4. The minimum atomic E-state index is 0.254. The summed E-state index contributed by atoms with van der Waals surface area (Å²) < 4.78 is 0. The Morgan fingerprint density at radius 1 is 0.913 bits per heavy atom. The molecule has 0 aliphatic rings. The first-order valence-corrected chi connectivity index (χ1v) is 8.84. The standard InChI is InChI=1S/C23H31/c1-18(2)19(3)21-15-13-20(14-16-21)10-9-17-23(4,5)22-11-7-6-8-12-22/h6-8,11-16,19H,9-10,17H2,1-5H3/q-1. The lowest BCUT2D eigenvalue weighted by molar-refractivity contribution is 0.461. The Kier molecular flexibility index (Phi) is 6.04. The summed E-state index contributed by atoms with van der Waals surface area (Å²) in [5.74, 6) is 2.03. The van der Waals surface area contributed by atoms with Crippen LogP contribution in [0.25, 0.3) is 0 Å². The molecule has 0 saturated carbocycles. The number of aryl methyl sites for hydroxylation is 1. The van der Waals surface area contributed by atoms with Gasteiger partial charge in [0.1, 0.15) is 0 Å². The Balaban J connectivity index is 1.89. The summed E-state index contributed by atoms with van der Waals surface area (Å²) in [4.78, 5) is 0. The molecule has 2 aromatic carbocycles. The van der Waals surface area contributed by atoms with Gasteiger partial charge in [0.2, 0.25) is 0 Å². The smallest absolute Gasteiger partial charge is 0.0103 e. The molecule has 0 aromatic heterocycles. The van der Waals surface area contributed by atoms with E-state index in [1.54, 1.807) is 0 Å². The third-order valence-electron chi connectivity index (χ3n) is 5.17. The second kappa shape index (κ2) is 7.81. The molecule has 0 radical (unpaired) electrons. The Morgan fingerprint density at radius 2 is 1.52 bits per heavy atom. The van der Waals surface area contributed by atoms with Crippen LogP contribution < -0.4 is 0 Å². The molecule has 0 fully saturated rings. The quantitative estimate of drug-likeness (QED) is 0.499. The lowest BCUT2D eigenvalue weighted by atomic mass is 9.80. The van der Waals surface area contributed by atoms with Gasteiger partial charge >= 0.3 is 0 Å². The first-order chi connectivity index (χ1) is 10.9. The number of benzene rings is 2. The molecule has 0 heteroatoms. The maximum Gasteiger partial charge on any atom is -0.0103 e. The van der Waals surface area contributed by atoms with E-state index in [4.69, 9.17) is 0 Å². The van der Waals surface area contributed by atoms with Gasteiger partial charge in [0.15, 0.2) is 0 Å². The van der Waals surface area contributed by atoms with Gasteiger partial charge in [-0.05, 0) is 35.8 Å². The third-order valence-corrected chi connectivity index (χ3v) is 5.17. The largest absolute Gasteiger partial charge is 0.313 e. The van der Waals surface area contributed by atoms with Crippen LogP contribution in [0.5, 0.6) is 0 Å². The van der Waals surface area contributed by atoms with Crippen molar-refractivity contribution in [3.8, 4) is 0 Å². The van der Waals surface area contributed by atoms with Crippen LogP contribution in [0.3, 0.4) is 0 Å². The van der Waals surface area contributed by atoms with Gasteiger partial charge in [-0.1, -0.05) is 80.9 Å². The molecule has 0 aliphatic carbocycles. The van der Waals surface area contributed by atoms with E-state index < -0.39 is 0 Å². The molecule has 0 saturated heterocycles. The summed E-state index contributed by atoms with van der Waals surface area (Å²) in [6.07, 6.45) is 3.62. The lowest BCUT2D eigenvalue weighted by Crippen LogP contribution is -2.17.